The number of carboxylic acids is 1. The summed E-state index contributed by atoms with van der Waals surface area (Å²) >= 11 is 0. The predicted molar refractivity (Wildman–Crippen MR) is 74.0 cm³/mol. The first-order valence-electron chi connectivity index (χ1n) is 6.33. The summed E-state index contributed by atoms with van der Waals surface area (Å²) in [7, 11) is 0. The van der Waals surface area contributed by atoms with Crippen molar-refractivity contribution in [1.82, 2.24) is 5.32 Å². The molecule has 1 aromatic rings. The molecule has 1 rings (SSSR count). The van der Waals surface area contributed by atoms with E-state index in [0.717, 1.165) is 12.2 Å². The van der Waals surface area contributed by atoms with E-state index in [4.69, 9.17) is 0 Å². The molecule has 2 N–H and O–H groups in total. The Morgan fingerprint density at radius 3 is 2.39 bits per heavy atom. The number of nitrogens with one attached hydrogen (secondary N) is 1. The van der Waals surface area contributed by atoms with Crippen LogP contribution in [0.3, 0.4) is 0 Å². The van der Waals surface area contributed by atoms with Gasteiger partial charge in [-0.2, -0.15) is 0 Å². The minimum atomic E-state index is -0.807. The quantitative estimate of drug-likeness (QED) is 0.777. The van der Waals surface area contributed by atoms with Crippen molar-refractivity contribution in [3.63, 3.8) is 0 Å². The van der Waals surface area contributed by atoms with Crippen LogP contribution in [0, 0.1) is 0 Å². The molecule has 0 saturated heterocycles. The topological polar surface area (TPSA) is 52.6 Å². The number of anilines is 1. The van der Waals surface area contributed by atoms with Gasteiger partial charge in [0.15, 0.2) is 0 Å². The molecule has 0 spiro atoms. The lowest BCUT2D eigenvalue weighted by molar-refractivity contribution is -0.139. The molecule has 0 heterocycles. The summed E-state index contributed by atoms with van der Waals surface area (Å²) in [5.41, 5.74) is 1.05. The number of hydrogen-bond acceptors (Lipinski definition) is 3. The van der Waals surface area contributed by atoms with Crippen molar-refractivity contribution in [2.75, 3.05) is 18.0 Å². The average molecular weight is 250 g/mol. The second-order valence-electron chi connectivity index (χ2n) is 4.59. The van der Waals surface area contributed by atoms with Gasteiger partial charge in [0.2, 0.25) is 0 Å². The van der Waals surface area contributed by atoms with E-state index in [1.165, 1.54) is 0 Å². The van der Waals surface area contributed by atoms with E-state index < -0.39 is 12.0 Å². The molecule has 0 aliphatic heterocycles. The minimum Gasteiger partial charge on any atom is -0.480 e. The molecule has 100 valence electrons. The van der Waals surface area contributed by atoms with Gasteiger partial charge in [0.05, 0.1) is 0 Å². The fourth-order valence-electron chi connectivity index (χ4n) is 1.88. The van der Waals surface area contributed by atoms with Crippen LogP contribution in [0.5, 0.6) is 0 Å². The molecule has 1 unspecified atom stereocenters. The summed E-state index contributed by atoms with van der Waals surface area (Å²) in [6, 6.07) is 9.48. The Balaban J connectivity index is 2.74. The molecule has 0 amide bonds. The minimum absolute atomic E-state index is 0.153. The summed E-state index contributed by atoms with van der Waals surface area (Å²) in [5.74, 6) is -0.807. The Morgan fingerprint density at radius 2 is 1.94 bits per heavy atom. The molecule has 4 heteroatoms. The summed E-state index contributed by atoms with van der Waals surface area (Å²) in [6.45, 7) is 7.19. The Bertz CT molecular complexity index is 365. The zero-order valence-corrected chi connectivity index (χ0v) is 11.3. The fraction of sp³-hybridized carbons (Fsp3) is 0.500. The first-order chi connectivity index (χ1) is 8.54. The molecule has 0 aliphatic carbocycles. The highest BCUT2D eigenvalue weighted by molar-refractivity contribution is 5.74. The third-order valence-corrected chi connectivity index (χ3v) is 2.74. The van der Waals surface area contributed by atoms with Crippen molar-refractivity contribution < 1.29 is 9.90 Å². The maximum absolute atomic E-state index is 11.2. The third-order valence-electron chi connectivity index (χ3n) is 2.74. The highest BCUT2D eigenvalue weighted by atomic mass is 16.4. The van der Waals surface area contributed by atoms with Gasteiger partial charge in [0, 0.05) is 24.8 Å². The van der Waals surface area contributed by atoms with Gasteiger partial charge in [0.1, 0.15) is 6.04 Å². The molecule has 0 bridgehead atoms. The average Bonchev–Trinajstić information content (AvgIpc) is 2.34. The molecule has 4 nitrogen and oxygen atoms in total. The molecular formula is C14H22N2O2. The van der Waals surface area contributed by atoms with E-state index in [1.54, 1.807) is 0 Å². The Labute approximate surface area is 109 Å². The van der Waals surface area contributed by atoms with Gasteiger partial charge >= 0.3 is 5.97 Å². The van der Waals surface area contributed by atoms with E-state index in [9.17, 15) is 9.90 Å². The Hall–Kier alpha value is -1.55. The number of aliphatic carboxylic acids is 1. The van der Waals surface area contributed by atoms with Crippen molar-refractivity contribution in [2.45, 2.75) is 32.9 Å². The van der Waals surface area contributed by atoms with Crippen LogP contribution in [0.2, 0.25) is 0 Å². The SMILES string of the molecule is CCN(CC(NC(C)C)C(=O)O)c1ccccc1. The van der Waals surface area contributed by atoms with Crippen LogP contribution in [-0.4, -0.2) is 36.2 Å². The highest BCUT2D eigenvalue weighted by Gasteiger charge is 2.21. The van der Waals surface area contributed by atoms with Crippen LogP contribution in [-0.2, 0) is 4.79 Å². The molecule has 1 atom stereocenters. The van der Waals surface area contributed by atoms with Gasteiger partial charge in [-0.05, 0) is 19.1 Å². The van der Waals surface area contributed by atoms with Crippen molar-refractivity contribution in [3.05, 3.63) is 30.3 Å². The van der Waals surface area contributed by atoms with Crippen molar-refractivity contribution in [2.24, 2.45) is 0 Å². The summed E-state index contributed by atoms with van der Waals surface area (Å²) in [6.07, 6.45) is 0. The number of likely N-dealkylation sites (N-methyl/N-ethyl adjacent to an activating group) is 1. The van der Waals surface area contributed by atoms with Gasteiger partial charge in [-0.1, -0.05) is 32.0 Å². The smallest absolute Gasteiger partial charge is 0.322 e. The van der Waals surface area contributed by atoms with Crippen LogP contribution in [0.4, 0.5) is 5.69 Å². The van der Waals surface area contributed by atoms with Crippen LogP contribution < -0.4 is 10.2 Å². The third kappa shape index (κ3) is 4.37. The Kier molecular flexibility index (Phi) is 5.65. The molecule has 1 aromatic carbocycles. The largest absolute Gasteiger partial charge is 0.480 e. The zero-order chi connectivity index (χ0) is 13.5. The molecule has 0 saturated carbocycles. The van der Waals surface area contributed by atoms with E-state index >= 15 is 0 Å². The van der Waals surface area contributed by atoms with Crippen LogP contribution in [0.25, 0.3) is 0 Å². The first-order valence-corrected chi connectivity index (χ1v) is 6.33. The van der Waals surface area contributed by atoms with Gasteiger partial charge in [-0.25, -0.2) is 0 Å². The number of carbonyl (C=O) groups is 1. The number of para-hydroxylation sites is 1. The monoisotopic (exact) mass is 250 g/mol. The van der Waals surface area contributed by atoms with Gasteiger partial charge in [-0.3, -0.25) is 4.79 Å². The predicted octanol–water partition coefficient (Wildman–Crippen LogP) is 1.96. The molecule has 0 aromatic heterocycles. The number of carboxylic acid groups (broad SMARTS) is 1. The maximum Gasteiger partial charge on any atom is 0.322 e. The summed E-state index contributed by atoms with van der Waals surface area (Å²) in [4.78, 5) is 13.3. The fourth-order valence-corrected chi connectivity index (χ4v) is 1.88. The lowest BCUT2D eigenvalue weighted by Crippen LogP contribution is -2.48. The van der Waals surface area contributed by atoms with Crippen LogP contribution >= 0.6 is 0 Å². The molecular weight excluding hydrogens is 228 g/mol. The molecule has 18 heavy (non-hydrogen) atoms. The van der Waals surface area contributed by atoms with Crippen LogP contribution in [0.1, 0.15) is 20.8 Å². The number of nitrogens with zero attached hydrogens (tertiary/aromatic N) is 1. The zero-order valence-electron chi connectivity index (χ0n) is 11.3. The summed E-state index contributed by atoms with van der Waals surface area (Å²) in [5, 5.41) is 12.3. The number of rotatable bonds is 7. The van der Waals surface area contributed by atoms with Crippen molar-refractivity contribution in [1.29, 1.82) is 0 Å². The standard InChI is InChI=1S/C14H22N2O2/c1-4-16(12-8-6-5-7-9-12)10-13(14(17)18)15-11(2)3/h5-9,11,13,15H,4,10H2,1-3H3,(H,17,18). The lowest BCUT2D eigenvalue weighted by atomic mass is 10.2. The highest BCUT2D eigenvalue weighted by Crippen LogP contribution is 2.13. The molecule has 0 radical (unpaired) electrons. The van der Waals surface area contributed by atoms with E-state index in [0.29, 0.717) is 6.54 Å². The van der Waals surface area contributed by atoms with Crippen molar-refractivity contribution >= 4 is 11.7 Å². The summed E-state index contributed by atoms with van der Waals surface area (Å²) < 4.78 is 0. The number of hydrogen-bond donors (Lipinski definition) is 2. The van der Waals surface area contributed by atoms with Gasteiger partial charge in [-0.15, -0.1) is 0 Å². The van der Waals surface area contributed by atoms with Crippen LogP contribution in [0.15, 0.2) is 30.3 Å². The second kappa shape index (κ2) is 7.01. The van der Waals surface area contributed by atoms with Gasteiger partial charge < -0.3 is 15.3 Å². The number of benzene rings is 1. The Morgan fingerprint density at radius 1 is 1.33 bits per heavy atom. The molecule has 0 fully saturated rings. The lowest BCUT2D eigenvalue weighted by Gasteiger charge is -2.28. The van der Waals surface area contributed by atoms with E-state index in [1.807, 2.05) is 51.1 Å². The van der Waals surface area contributed by atoms with Crippen molar-refractivity contribution in [3.8, 4) is 0 Å². The van der Waals surface area contributed by atoms with E-state index in [2.05, 4.69) is 10.2 Å². The second-order valence-corrected chi connectivity index (χ2v) is 4.59. The first kappa shape index (κ1) is 14.5. The normalized spacial score (nSPS) is 12.4. The van der Waals surface area contributed by atoms with E-state index in [-0.39, 0.29) is 6.04 Å². The maximum atomic E-state index is 11.2. The van der Waals surface area contributed by atoms with Gasteiger partial charge in [0.25, 0.3) is 0 Å². The molecule has 0 aliphatic rings.